The Labute approximate surface area is 162 Å². The molecule has 1 aliphatic heterocycles. The normalized spacial score (nSPS) is 15.4. The molecule has 1 amide bonds. The molecule has 1 aromatic carbocycles. The second-order valence-electron chi connectivity index (χ2n) is 6.44. The Morgan fingerprint density at radius 2 is 1.84 bits per heavy atom. The highest BCUT2D eigenvalue weighted by molar-refractivity contribution is 9.11. The van der Waals surface area contributed by atoms with Crippen LogP contribution in [0.1, 0.15) is 17.7 Å². The summed E-state index contributed by atoms with van der Waals surface area (Å²) < 4.78 is 1.15. The Morgan fingerprint density at radius 3 is 2.48 bits per heavy atom. The van der Waals surface area contributed by atoms with Crippen molar-refractivity contribution in [3.8, 4) is 0 Å². The van der Waals surface area contributed by atoms with Crippen LogP contribution in [0, 0.1) is 0 Å². The van der Waals surface area contributed by atoms with Gasteiger partial charge in [0.1, 0.15) is 0 Å². The maximum absolute atomic E-state index is 12.1. The molecule has 1 aromatic heterocycles. The van der Waals surface area contributed by atoms with Crippen LogP contribution >= 0.6 is 27.3 Å². The lowest BCUT2D eigenvalue weighted by Gasteiger charge is -2.34. The molecule has 2 aromatic rings. The summed E-state index contributed by atoms with van der Waals surface area (Å²) in [6, 6.07) is 12.4. The first-order chi connectivity index (χ1) is 12.1. The highest BCUT2D eigenvalue weighted by Gasteiger charge is 2.14. The Bertz CT molecular complexity index is 693. The van der Waals surface area contributed by atoms with Crippen molar-refractivity contribution in [1.29, 1.82) is 0 Å². The maximum Gasteiger partial charge on any atom is 0.224 e. The number of aryl methyl sites for hydroxylation is 1. The molecule has 1 aliphatic rings. The number of nitrogens with one attached hydrogen (secondary N) is 1. The zero-order valence-corrected chi connectivity index (χ0v) is 16.9. The summed E-state index contributed by atoms with van der Waals surface area (Å²) in [5, 5.41) is 3.00. The first kappa shape index (κ1) is 18.4. The number of carbonyl (C=O) groups excluding carboxylic acids is 1. The van der Waals surface area contributed by atoms with Gasteiger partial charge < -0.3 is 15.1 Å². The number of rotatable bonds is 6. The Balaban J connectivity index is 1.43. The molecule has 4 nitrogen and oxygen atoms in total. The number of amides is 1. The number of halogens is 1. The third kappa shape index (κ3) is 5.56. The zero-order valence-electron chi connectivity index (χ0n) is 14.5. The average molecular weight is 422 g/mol. The second kappa shape index (κ2) is 8.83. The minimum Gasteiger partial charge on any atom is -0.369 e. The van der Waals surface area contributed by atoms with Crippen molar-refractivity contribution in [3.63, 3.8) is 0 Å². The monoisotopic (exact) mass is 421 g/mol. The fraction of sp³-hybridized carbons (Fsp3) is 0.421. The molecule has 0 bridgehead atoms. The van der Waals surface area contributed by atoms with Crippen molar-refractivity contribution in [2.45, 2.75) is 19.3 Å². The van der Waals surface area contributed by atoms with E-state index in [4.69, 9.17) is 0 Å². The van der Waals surface area contributed by atoms with Crippen LogP contribution in [0.5, 0.6) is 0 Å². The summed E-state index contributed by atoms with van der Waals surface area (Å²) in [6.07, 6.45) is 2.37. The molecule has 0 saturated carbocycles. The number of hydrogen-bond donors (Lipinski definition) is 1. The fourth-order valence-electron chi connectivity index (χ4n) is 2.95. The molecule has 0 atom stereocenters. The third-order valence-corrected chi connectivity index (χ3v) is 6.16. The Morgan fingerprint density at radius 1 is 1.12 bits per heavy atom. The standard InChI is InChI=1S/C19H24BrN3OS/c1-22-11-13-23(14-12-22)16-7-5-15(6-8-16)21-19(24)4-2-3-17-9-10-18(20)25-17/h5-10H,2-4,11-14H2,1H3,(H,21,24). The molecule has 0 spiro atoms. The SMILES string of the molecule is CN1CCN(c2ccc(NC(=O)CCCc3ccc(Br)s3)cc2)CC1. The molecule has 1 N–H and O–H groups in total. The van der Waals surface area contributed by atoms with Crippen LogP contribution in [0.25, 0.3) is 0 Å². The lowest BCUT2D eigenvalue weighted by molar-refractivity contribution is -0.116. The molecule has 1 fully saturated rings. The van der Waals surface area contributed by atoms with Gasteiger partial charge in [-0.15, -0.1) is 11.3 Å². The van der Waals surface area contributed by atoms with Gasteiger partial charge >= 0.3 is 0 Å². The number of piperazine rings is 1. The summed E-state index contributed by atoms with van der Waals surface area (Å²) in [6.45, 7) is 4.31. The van der Waals surface area contributed by atoms with Crippen LogP contribution in [-0.2, 0) is 11.2 Å². The predicted octanol–water partition coefficient (Wildman–Crippen LogP) is 4.22. The molecule has 1 saturated heterocycles. The average Bonchev–Trinajstić information content (AvgIpc) is 3.02. The highest BCUT2D eigenvalue weighted by Crippen LogP contribution is 2.23. The minimum atomic E-state index is 0.0861. The quantitative estimate of drug-likeness (QED) is 0.757. The van der Waals surface area contributed by atoms with Gasteiger partial charge in [0.05, 0.1) is 3.79 Å². The van der Waals surface area contributed by atoms with E-state index in [-0.39, 0.29) is 5.91 Å². The van der Waals surface area contributed by atoms with Crippen LogP contribution < -0.4 is 10.2 Å². The molecule has 25 heavy (non-hydrogen) atoms. The topological polar surface area (TPSA) is 35.6 Å². The largest absolute Gasteiger partial charge is 0.369 e. The van der Waals surface area contributed by atoms with E-state index in [0.717, 1.165) is 48.5 Å². The van der Waals surface area contributed by atoms with E-state index in [1.165, 1.54) is 10.6 Å². The number of thiophene rings is 1. The van der Waals surface area contributed by atoms with Crippen molar-refractivity contribution in [2.24, 2.45) is 0 Å². The summed E-state index contributed by atoms with van der Waals surface area (Å²) in [5.74, 6) is 0.0861. The van der Waals surface area contributed by atoms with Crippen molar-refractivity contribution in [1.82, 2.24) is 4.90 Å². The highest BCUT2D eigenvalue weighted by atomic mass is 79.9. The van der Waals surface area contributed by atoms with Crippen molar-refractivity contribution in [2.75, 3.05) is 43.4 Å². The number of benzene rings is 1. The van der Waals surface area contributed by atoms with Gasteiger partial charge in [0.15, 0.2) is 0 Å². The van der Waals surface area contributed by atoms with Gasteiger partial charge in [-0.25, -0.2) is 0 Å². The lowest BCUT2D eigenvalue weighted by Crippen LogP contribution is -2.44. The number of nitrogens with zero attached hydrogens (tertiary/aromatic N) is 2. The number of hydrogen-bond acceptors (Lipinski definition) is 4. The van der Waals surface area contributed by atoms with Crippen LogP contribution in [0.15, 0.2) is 40.2 Å². The van der Waals surface area contributed by atoms with Crippen molar-refractivity contribution < 1.29 is 4.79 Å². The van der Waals surface area contributed by atoms with Crippen LogP contribution in [0.2, 0.25) is 0 Å². The summed E-state index contributed by atoms with van der Waals surface area (Å²) in [7, 11) is 2.16. The van der Waals surface area contributed by atoms with Crippen LogP contribution in [0.4, 0.5) is 11.4 Å². The van der Waals surface area contributed by atoms with Gasteiger partial charge in [0.2, 0.25) is 5.91 Å². The van der Waals surface area contributed by atoms with Crippen molar-refractivity contribution in [3.05, 3.63) is 45.1 Å². The van der Waals surface area contributed by atoms with E-state index in [2.05, 4.69) is 62.4 Å². The minimum absolute atomic E-state index is 0.0861. The van der Waals surface area contributed by atoms with Gasteiger partial charge in [-0.2, -0.15) is 0 Å². The lowest BCUT2D eigenvalue weighted by atomic mass is 10.2. The molecule has 0 aliphatic carbocycles. The molecule has 3 rings (SSSR count). The zero-order chi connectivity index (χ0) is 17.6. The van der Waals surface area contributed by atoms with E-state index in [1.807, 2.05) is 12.1 Å². The Hall–Kier alpha value is -1.37. The molecule has 0 unspecified atom stereocenters. The van der Waals surface area contributed by atoms with Gasteiger partial charge in [-0.05, 0) is 72.2 Å². The van der Waals surface area contributed by atoms with Gasteiger partial charge in [0, 0.05) is 48.9 Å². The third-order valence-electron chi connectivity index (χ3n) is 4.48. The maximum atomic E-state index is 12.1. The first-order valence-corrected chi connectivity index (χ1v) is 10.3. The van der Waals surface area contributed by atoms with Crippen molar-refractivity contribution >= 4 is 44.5 Å². The van der Waals surface area contributed by atoms with E-state index in [9.17, 15) is 4.79 Å². The fourth-order valence-corrected chi connectivity index (χ4v) is 4.48. The second-order valence-corrected chi connectivity index (χ2v) is 8.99. The summed E-state index contributed by atoms with van der Waals surface area (Å²) in [5.41, 5.74) is 2.11. The molecule has 134 valence electrons. The van der Waals surface area contributed by atoms with E-state index < -0.39 is 0 Å². The molecular weight excluding hydrogens is 398 g/mol. The predicted molar refractivity (Wildman–Crippen MR) is 110 cm³/mol. The molecular formula is C19H24BrN3OS. The van der Waals surface area contributed by atoms with E-state index in [0.29, 0.717) is 6.42 Å². The smallest absolute Gasteiger partial charge is 0.224 e. The van der Waals surface area contributed by atoms with Crippen LogP contribution in [0.3, 0.4) is 0 Å². The number of anilines is 2. The molecule has 6 heteroatoms. The van der Waals surface area contributed by atoms with Gasteiger partial charge in [-0.1, -0.05) is 0 Å². The number of carbonyl (C=O) groups is 1. The Kier molecular flexibility index (Phi) is 6.51. The molecule has 2 heterocycles. The summed E-state index contributed by atoms with van der Waals surface area (Å²) >= 11 is 5.20. The summed E-state index contributed by atoms with van der Waals surface area (Å²) in [4.78, 5) is 18.2. The van der Waals surface area contributed by atoms with Crippen LogP contribution in [-0.4, -0.2) is 44.0 Å². The number of likely N-dealkylation sites (N-methyl/N-ethyl adjacent to an activating group) is 1. The first-order valence-electron chi connectivity index (χ1n) is 8.68. The molecule has 0 radical (unpaired) electrons. The van der Waals surface area contributed by atoms with Gasteiger partial charge in [0.25, 0.3) is 0 Å². The van der Waals surface area contributed by atoms with E-state index in [1.54, 1.807) is 11.3 Å². The van der Waals surface area contributed by atoms with Gasteiger partial charge in [-0.3, -0.25) is 4.79 Å². The van der Waals surface area contributed by atoms with E-state index >= 15 is 0 Å².